The van der Waals surface area contributed by atoms with Crippen LogP contribution in [0, 0.1) is 25.5 Å². The largest absolute Gasteiger partial charge is 0.485 e. The molecule has 7 heteroatoms. The van der Waals surface area contributed by atoms with E-state index in [-0.39, 0.29) is 36.5 Å². The van der Waals surface area contributed by atoms with Gasteiger partial charge in [-0.25, -0.2) is 13.8 Å². The van der Waals surface area contributed by atoms with Crippen LogP contribution >= 0.6 is 11.3 Å². The number of aryl methyl sites for hydroxylation is 2. The number of nitrogens with one attached hydrogen (secondary N) is 1. The number of ether oxygens (including phenoxy) is 1. The first-order valence-corrected chi connectivity index (χ1v) is 10.2. The van der Waals surface area contributed by atoms with Crippen molar-refractivity contribution in [2.45, 2.75) is 32.8 Å². The fourth-order valence-electron chi connectivity index (χ4n) is 3.38. The number of thiazole rings is 1. The van der Waals surface area contributed by atoms with Gasteiger partial charge >= 0.3 is 0 Å². The maximum atomic E-state index is 14.6. The molecule has 2 heterocycles. The van der Waals surface area contributed by atoms with Crippen molar-refractivity contribution >= 4 is 17.2 Å². The Kier molecular flexibility index (Phi) is 5.32. The predicted molar refractivity (Wildman–Crippen MR) is 108 cm³/mol. The van der Waals surface area contributed by atoms with Crippen molar-refractivity contribution in [2.24, 2.45) is 0 Å². The van der Waals surface area contributed by atoms with Gasteiger partial charge in [0.25, 0.3) is 0 Å². The lowest BCUT2D eigenvalue weighted by atomic mass is 9.99. The molecule has 1 aromatic heterocycles. The molecule has 0 spiro atoms. The molecule has 4 nitrogen and oxygen atoms in total. The van der Waals surface area contributed by atoms with Crippen LogP contribution in [0.4, 0.5) is 8.78 Å². The molecule has 29 heavy (non-hydrogen) atoms. The van der Waals surface area contributed by atoms with Gasteiger partial charge in [-0.3, -0.25) is 4.79 Å². The number of nitrogens with zero attached hydrogens (tertiary/aromatic N) is 1. The summed E-state index contributed by atoms with van der Waals surface area (Å²) in [7, 11) is 0. The third-order valence-electron chi connectivity index (χ3n) is 4.89. The number of carbonyl (C=O) groups excluding carboxylic acids is 1. The Morgan fingerprint density at radius 3 is 2.72 bits per heavy atom. The van der Waals surface area contributed by atoms with Crippen LogP contribution in [0.25, 0.3) is 11.1 Å². The second kappa shape index (κ2) is 7.91. The van der Waals surface area contributed by atoms with Crippen LogP contribution in [-0.2, 0) is 17.6 Å². The summed E-state index contributed by atoms with van der Waals surface area (Å²) in [5, 5.41) is 5.61. The quantitative estimate of drug-likeness (QED) is 0.675. The summed E-state index contributed by atoms with van der Waals surface area (Å²) >= 11 is 1.50. The van der Waals surface area contributed by atoms with Gasteiger partial charge in [0.05, 0.1) is 23.7 Å². The highest BCUT2D eigenvalue weighted by Crippen LogP contribution is 2.36. The Morgan fingerprint density at radius 2 is 2.00 bits per heavy atom. The Bertz CT molecular complexity index is 1080. The van der Waals surface area contributed by atoms with E-state index in [1.54, 1.807) is 19.1 Å². The lowest BCUT2D eigenvalue weighted by Gasteiger charge is -2.12. The van der Waals surface area contributed by atoms with Gasteiger partial charge in [0.15, 0.2) is 11.6 Å². The van der Waals surface area contributed by atoms with Gasteiger partial charge in [0.2, 0.25) is 5.91 Å². The van der Waals surface area contributed by atoms with E-state index in [1.165, 1.54) is 23.5 Å². The molecule has 150 valence electrons. The zero-order chi connectivity index (χ0) is 20.5. The molecule has 0 radical (unpaired) electrons. The maximum Gasteiger partial charge on any atom is 0.226 e. The molecule has 0 aliphatic carbocycles. The van der Waals surface area contributed by atoms with Crippen LogP contribution in [0.15, 0.2) is 35.7 Å². The van der Waals surface area contributed by atoms with Crippen molar-refractivity contribution in [3.63, 3.8) is 0 Å². The minimum atomic E-state index is -0.481. The lowest BCUT2D eigenvalue weighted by Crippen LogP contribution is -2.35. The molecular weight excluding hydrogens is 394 g/mol. The topological polar surface area (TPSA) is 51.2 Å². The number of aromatic nitrogens is 1. The number of fused-ring (bicyclic) bond motifs is 1. The Labute approximate surface area is 171 Å². The predicted octanol–water partition coefficient (Wildman–Crippen LogP) is 4.37. The minimum absolute atomic E-state index is 0.147. The van der Waals surface area contributed by atoms with E-state index in [9.17, 15) is 13.6 Å². The second-order valence-electron chi connectivity index (χ2n) is 7.19. The first kappa shape index (κ1) is 19.5. The zero-order valence-electron chi connectivity index (χ0n) is 16.1. The Balaban J connectivity index is 1.41. The highest BCUT2D eigenvalue weighted by atomic mass is 32.1. The zero-order valence-corrected chi connectivity index (χ0v) is 16.9. The van der Waals surface area contributed by atoms with Gasteiger partial charge in [0.1, 0.15) is 11.9 Å². The van der Waals surface area contributed by atoms with Gasteiger partial charge in [-0.05, 0) is 48.7 Å². The van der Waals surface area contributed by atoms with Gasteiger partial charge in [-0.15, -0.1) is 11.3 Å². The third-order valence-corrected chi connectivity index (χ3v) is 5.72. The number of benzene rings is 2. The molecule has 0 fully saturated rings. The molecule has 0 saturated heterocycles. The molecule has 1 atom stereocenters. The summed E-state index contributed by atoms with van der Waals surface area (Å²) in [5.74, 6) is -0.748. The SMILES string of the molecule is Cc1nc(CC(=O)NC[C@H]2Cc3cc(-c4ccc(C)c(F)c4)cc(F)c3O2)cs1. The van der Waals surface area contributed by atoms with Crippen LogP contribution in [0.2, 0.25) is 0 Å². The highest BCUT2D eigenvalue weighted by Gasteiger charge is 2.27. The van der Waals surface area contributed by atoms with E-state index in [1.807, 2.05) is 18.4 Å². The average Bonchev–Trinajstić information content (AvgIpc) is 3.28. The van der Waals surface area contributed by atoms with Crippen molar-refractivity contribution in [1.29, 1.82) is 0 Å². The third kappa shape index (κ3) is 4.29. The van der Waals surface area contributed by atoms with Gasteiger partial charge in [-0.1, -0.05) is 12.1 Å². The Hall–Kier alpha value is -2.80. The molecule has 0 saturated carbocycles. The molecule has 1 N–H and O–H groups in total. The van der Waals surface area contributed by atoms with Gasteiger partial charge in [-0.2, -0.15) is 0 Å². The number of rotatable bonds is 5. The highest BCUT2D eigenvalue weighted by molar-refractivity contribution is 7.09. The van der Waals surface area contributed by atoms with Crippen molar-refractivity contribution in [3.8, 4) is 16.9 Å². The molecule has 0 bridgehead atoms. The van der Waals surface area contributed by atoms with Crippen molar-refractivity contribution < 1.29 is 18.3 Å². The van der Waals surface area contributed by atoms with E-state index in [0.29, 0.717) is 23.1 Å². The van der Waals surface area contributed by atoms with E-state index in [2.05, 4.69) is 10.3 Å². The van der Waals surface area contributed by atoms with Crippen molar-refractivity contribution in [3.05, 3.63) is 69.2 Å². The number of carbonyl (C=O) groups is 1. The standard InChI is InChI=1S/C22H20F2N2O2S/c1-12-3-4-14(7-19(12)23)15-5-16-6-18(28-22(16)20(24)8-15)10-25-21(27)9-17-11-29-13(2)26-17/h3-5,7-8,11,18H,6,9-10H2,1-2H3,(H,25,27)/t18-/m1/s1. The molecule has 1 aliphatic rings. The van der Waals surface area contributed by atoms with Crippen LogP contribution in [0.3, 0.4) is 0 Å². The van der Waals surface area contributed by atoms with Crippen molar-refractivity contribution in [1.82, 2.24) is 10.3 Å². The van der Waals surface area contributed by atoms with E-state index < -0.39 is 5.82 Å². The molecule has 2 aromatic carbocycles. The summed E-state index contributed by atoms with van der Waals surface area (Å²) in [5.41, 5.74) is 3.22. The lowest BCUT2D eigenvalue weighted by molar-refractivity contribution is -0.120. The number of halogens is 2. The maximum absolute atomic E-state index is 14.6. The molecule has 3 aromatic rings. The van der Waals surface area contributed by atoms with E-state index in [4.69, 9.17) is 4.74 Å². The second-order valence-corrected chi connectivity index (χ2v) is 8.26. The molecule has 4 rings (SSSR count). The summed E-state index contributed by atoms with van der Waals surface area (Å²) in [6, 6.07) is 8.03. The fraction of sp³-hybridized carbons (Fsp3) is 0.273. The van der Waals surface area contributed by atoms with Crippen molar-refractivity contribution in [2.75, 3.05) is 6.54 Å². The summed E-state index contributed by atoms with van der Waals surface area (Å²) in [6.07, 6.45) is 0.345. The Morgan fingerprint density at radius 1 is 1.21 bits per heavy atom. The monoisotopic (exact) mass is 414 g/mol. The number of amides is 1. The van der Waals surface area contributed by atoms with Crippen LogP contribution in [-0.4, -0.2) is 23.5 Å². The molecule has 1 aliphatic heterocycles. The van der Waals surface area contributed by atoms with Crippen LogP contribution in [0.1, 0.15) is 21.8 Å². The molecule has 1 amide bonds. The summed E-state index contributed by atoms with van der Waals surface area (Å²) < 4.78 is 34.1. The molecular formula is C22H20F2N2O2S. The number of hydrogen-bond donors (Lipinski definition) is 1. The smallest absolute Gasteiger partial charge is 0.226 e. The summed E-state index contributed by atoms with van der Waals surface area (Å²) in [4.78, 5) is 16.4. The van der Waals surface area contributed by atoms with Gasteiger partial charge < -0.3 is 10.1 Å². The van der Waals surface area contributed by atoms with E-state index in [0.717, 1.165) is 16.3 Å². The minimum Gasteiger partial charge on any atom is -0.485 e. The number of hydrogen-bond acceptors (Lipinski definition) is 4. The van der Waals surface area contributed by atoms with Gasteiger partial charge in [0, 0.05) is 17.4 Å². The van der Waals surface area contributed by atoms with Crippen LogP contribution < -0.4 is 10.1 Å². The summed E-state index contributed by atoms with van der Waals surface area (Å²) in [6.45, 7) is 3.86. The normalized spacial score (nSPS) is 15.1. The first-order valence-electron chi connectivity index (χ1n) is 9.32. The first-order chi connectivity index (χ1) is 13.9. The molecule has 0 unspecified atom stereocenters. The van der Waals surface area contributed by atoms with Crippen LogP contribution in [0.5, 0.6) is 5.75 Å². The fourth-order valence-corrected chi connectivity index (χ4v) is 4.00. The average molecular weight is 414 g/mol. The van der Waals surface area contributed by atoms with E-state index >= 15 is 0 Å².